The van der Waals surface area contributed by atoms with E-state index < -0.39 is 0 Å². The lowest BCUT2D eigenvalue weighted by Gasteiger charge is -2.31. The highest BCUT2D eigenvalue weighted by Crippen LogP contribution is 2.24. The molecule has 4 rings (SSSR count). The summed E-state index contributed by atoms with van der Waals surface area (Å²) in [4.78, 5) is 35.4. The van der Waals surface area contributed by atoms with Crippen molar-refractivity contribution in [1.29, 1.82) is 0 Å². The molecule has 1 saturated heterocycles. The van der Waals surface area contributed by atoms with Gasteiger partial charge in [-0.2, -0.15) is 0 Å². The van der Waals surface area contributed by atoms with E-state index in [2.05, 4.69) is 25.5 Å². The molecule has 2 N–H and O–H groups in total. The van der Waals surface area contributed by atoms with E-state index in [1.54, 1.807) is 30.5 Å². The van der Waals surface area contributed by atoms with E-state index in [1.165, 1.54) is 6.20 Å². The molecule has 3 heterocycles. The van der Waals surface area contributed by atoms with Crippen LogP contribution in [0, 0.1) is 6.92 Å². The second kappa shape index (κ2) is 9.74. The second-order valence-corrected chi connectivity index (χ2v) is 8.01. The average Bonchev–Trinajstić information content (AvgIpc) is 3.19. The Kier molecular flexibility index (Phi) is 6.61. The van der Waals surface area contributed by atoms with Gasteiger partial charge in [-0.1, -0.05) is 6.42 Å². The first-order chi connectivity index (χ1) is 15.5. The topological polar surface area (TPSA) is 100 Å². The third-order valence-corrected chi connectivity index (χ3v) is 5.71. The van der Waals surface area contributed by atoms with Gasteiger partial charge in [-0.15, -0.1) is 0 Å². The minimum Gasteiger partial charge on any atom is -0.441 e. The number of aryl methyl sites for hydroxylation is 1. The molecule has 1 atom stereocenters. The first-order valence-corrected chi connectivity index (χ1v) is 10.8. The minimum atomic E-state index is -0.223. The Morgan fingerprint density at radius 3 is 2.72 bits per heavy atom. The number of pyridine rings is 1. The van der Waals surface area contributed by atoms with Gasteiger partial charge < -0.3 is 15.1 Å². The number of nitrogens with one attached hydrogen (secondary N) is 2. The van der Waals surface area contributed by atoms with Gasteiger partial charge in [-0.05, 0) is 69.8 Å². The van der Waals surface area contributed by atoms with Crippen LogP contribution in [0.25, 0.3) is 11.5 Å². The third kappa shape index (κ3) is 5.03. The Hall–Kier alpha value is -3.52. The third-order valence-electron chi connectivity index (χ3n) is 5.71. The molecule has 0 aliphatic carbocycles. The van der Waals surface area contributed by atoms with Crippen molar-refractivity contribution in [3.8, 4) is 11.5 Å². The van der Waals surface area contributed by atoms with Crippen LogP contribution >= 0.6 is 0 Å². The number of carbonyl (C=O) groups excluding carboxylic acids is 2. The molecule has 0 radical (unpaired) electrons. The normalized spacial score (nSPS) is 16.5. The summed E-state index contributed by atoms with van der Waals surface area (Å²) in [5.41, 5.74) is 2.65. The van der Waals surface area contributed by atoms with Crippen molar-refractivity contribution < 1.29 is 14.0 Å². The van der Waals surface area contributed by atoms with Crippen LogP contribution in [0.4, 0.5) is 5.69 Å². The number of nitrogens with zero attached hydrogens (tertiary/aromatic N) is 3. The van der Waals surface area contributed by atoms with Crippen molar-refractivity contribution in [2.75, 3.05) is 18.9 Å². The Morgan fingerprint density at radius 2 is 2.00 bits per heavy atom. The zero-order valence-corrected chi connectivity index (χ0v) is 18.3. The first kappa shape index (κ1) is 21.7. The maximum absolute atomic E-state index is 12.5. The Balaban J connectivity index is 1.38. The summed E-state index contributed by atoms with van der Waals surface area (Å²) >= 11 is 0. The molecule has 166 valence electrons. The number of benzene rings is 1. The molecule has 2 amide bonds. The highest BCUT2D eigenvalue weighted by molar-refractivity contribution is 6.04. The van der Waals surface area contributed by atoms with Crippen molar-refractivity contribution in [3.63, 3.8) is 0 Å². The predicted molar refractivity (Wildman–Crippen MR) is 121 cm³/mol. The number of hydrogen-bond acceptors (Lipinski definition) is 6. The van der Waals surface area contributed by atoms with Crippen LogP contribution in [0.15, 0.2) is 53.2 Å². The van der Waals surface area contributed by atoms with Crippen LogP contribution in [0.5, 0.6) is 0 Å². The molecular weight excluding hydrogens is 406 g/mol. The number of piperidine rings is 1. The van der Waals surface area contributed by atoms with E-state index in [0.29, 0.717) is 35.1 Å². The molecule has 1 aliphatic heterocycles. The molecule has 2 aromatic heterocycles. The quantitative estimate of drug-likeness (QED) is 0.618. The fraction of sp³-hybridized carbons (Fsp3) is 0.333. The van der Waals surface area contributed by atoms with E-state index in [4.69, 9.17) is 4.42 Å². The molecule has 1 fully saturated rings. The number of hydrogen-bond donors (Lipinski definition) is 2. The van der Waals surface area contributed by atoms with E-state index in [-0.39, 0.29) is 17.9 Å². The summed E-state index contributed by atoms with van der Waals surface area (Å²) in [7, 11) is 1.99. The predicted octanol–water partition coefficient (Wildman–Crippen LogP) is 3.40. The Morgan fingerprint density at radius 1 is 1.19 bits per heavy atom. The second-order valence-electron chi connectivity index (χ2n) is 8.01. The summed E-state index contributed by atoms with van der Waals surface area (Å²) in [6.07, 6.45) is 6.24. The van der Waals surface area contributed by atoms with Crippen LogP contribution in [0.3, 0.4) is 0 Å². The van der Waals surface area contributed by atoms with Crippen LogP contribution in [-0.4, -0.2) is 46.3 Å². The first-order valence-electron chi connectivity index (χ1n) is 10.8. The number of anilines is 1. The average molecular weight is 434 g/mol. The SMILES string of the molecule is Cc1oc(-c2ccc(NC(=O)c3cccnc3)cc2)nc1CNC(=O)C1CCCCN1C. The van der Waals surface area contributed by atoms with Crippen molar-refractivity contribution >= 4 is 17.5 Å². The van der Waals surface area contributed by atoms with Crippen molar-refractivity contribution in [1.82, 2.24) is 20.2 Å². The summed E-state index contributed by atoms with van der Waals surface area (Å²) in [5, 5.41) is 5.83. The molecule has 3 aromatic rings. The number of carbonyl (C=O) groups is 2. The van der Waals surface area contributed by atoms with E-state index in [0.717, 1.165) is 31.4 Å². The van der Waals surface area contributed by atoms with Gasteiger partial charge in [0.1, 0.15) is 11.5 Å². The molecule has 8 heteroatoms. The maximum Gasteiger partial charge on any atom is 0.257 e. The lowest BCUT2D eigenvalue weighted by Crippen LogP contribution is -2.47. The summed E-state index contributed by atoms with van der Waals surface area (Å²) in [5.74, 6) is 0.960. The van der Waals surface area contributed by atoms with Gasteiger partial charge in [0.05, 0.1) is 18.2 Å². The molecule has 0 saturated carbocycles. The largest absolute Gasteiger partial charge is 0.441 e. The summed E-state index contributed by atoms with van der Waals surface area (Å²) in [6, 6.07) is 10.6. The lowest BCUT2D eigenvalue weighted by molar-refractivity contribution is -0.127. The fourth-order valence-electron chi connectivity index (χ4n) is 3.81. The van der Waals surface area contributed by atoms with Crippen molar-refractivity contribution in [2.45, 2.75) is 38.8 Å². The highest BCUT2D eigenvalue weighted by atomic mass is 16.4. The lowest BCUT2D eigenvalue weighted by atomic mass is 10.0. The van der Waals surface area contributed by atoms with E-state index in [1.807, 2.05) is 26.1 Å². The van der Waals surface area contributed by atoms with Crippen LogP contribution in [0.2, 0.25) is 0 Å². The van der Waals surface area contributed by atoms with Crippen LogP contribution < -0.4 is 10.6 Å². The Bertz CT molecular complexity index is 1080. The molecule has 1 aromatic carbocycles. The summed E-state index contributed by atoms with van der Waals surface area (Å²) < 4.78 is 5.82. The zero-order valence-electron chi connectivity index (χ0n) is 18.3. The Labute approximate surface area is 187 Å². The number of likely N-dealkylation sites (tertiary alicyclic amines) is 1. The minimum absolute atomic E-state index is 0.0323. The number of oxazole rings is 1. The highest BCUT2D eigenvalue weighted by Gasteiger charge is 2.26. The number of aromatic nitrogens is 2. The number of amides is 2. The van der Waals surface area contributed by atoms with Gasteiger partial charge in [0.25, 0.3) is 5.91 Å². The van der Waals surface area contributed by atoms with Gasteiger partial charge in [0, 0.05) is 23.6 Å². The van der Waals surface area contributed by atoms with Gasteiger partial charge in [-0.25, -0.2) is 4.98 Å². The van der Waals surface area contributed by atoms with Crippen LogP contribution in [-0.2, 0) is 11.3 Å². The van der Waals surface area contributed by atoms with Crippen LogP contribution in [0.1, 0.15) is 41.1 Å². The smallest absolute Gasteiger partial charge is 0.257 e. The van der Waals surface area contributed by atoms with Crippen molar-refractivity contribution in [3.05, 3.63) is 65.8 Å². The molecule has 8 nitrogen and oxygen atoms in total. The van der Waals surface area contributed by atoms with E-state index in [9.17, 15) is 9.59 Å². The maximum atomic E-state index is 12.5. The molecule has 1 aliphatic rings. The molecular formula is C24H27N5O3. The molecule has 32 heavy (non-hydrogen) atoms. The standard InChI is InChI=1S/C24H27N5O3/c1-16-20(15-26-23(31)21-7-3-4-13-29(21)2)28-24(32-16)17-8-10-19(11-9-17)27-22(30)18-6-5-12-25-14-18/h5-6,8-12,14,21H,3-4,7,13,15H2,1-2H3,(H,26,31)(H,27,30). The number of rotatable bonds is 6. The summed E-state index contributed by atoms with van der Waals surface area (Å²) in [6.45, 7) is 3.12. The monoisotopic (exact) mass is 433 g/mol. The molecule has 0 bridgehead atoms. The van der Waals surface area contributed by atoms with Gasteiger partial charge in [0.15, 0.2) is 0 Å². The van der Waals surface area contributed by atoms with E-state index >= 15 is 0 Å². The fourth-order valence-corrected chi connectivity index (χ4v) is 3.81. The molecule has 1 unspecified atom stereocenters. The zero-order chi connectivity index (χ0) is 22.5. The van der Waals surface area contributed by atoms with Gasteiger partial charge in [-0.3, -0.25) is 19.5 Å². The van der Waals surface area contributed by atoms with Gasteiger partial charge >= 0.3 is 0 Å². The van der Waals surface area contributed by atoms with Crippen molar-refractivity contribution in [2.24, 2.45) is 0 Å². The van der Waals surface area contributed by atoms with Gasteiger partial charge in [0.2, 0.25) is 11.8 Å². The number of likely N-dealkylation sites (N-methyl/N-ethyl adjacent to an activating group) is 1. The molecule has 0 spiro atoms.